The van der Waals surface area contributed by atoms with Crippen LogP contribution in [0.15, 0.2) is 24.4 Å². The summed E-state index contributed by atoms with van der Waals surface area (Å²) in [5.74, 6) is 0.526. The lowest BCUT2D eigenvalue weighted by Crippen LogP contribution is -2.17. The molecule has 2 rings (SSSR count). The summed E-state index contributed by atoms with van der Waals surface area (Å²) < 4.78 is 38.4. The second-order valence-corrected chi connectivity index (χ2v) is 5.97. The van der Waals surface area contributed by atoms with Crippen molar-refractivity contribution in [1.82, 2.24) is 20.1 Å². The number of benzene rings is 1. The highest BCUT2D eigenvalue weighted by molar-refractivity contribution is 6.33. The Morgan fingerprint density at radius 3 is 2.68 bits per heavy atom. The third-order valence-electron chi connectivity index (χ3n) is 3.18. The van der Waals surface area contributed by atoms with Crippen LogP contribution in [-0.4, -0.2) is 47.3 Å². The highest BCUT2D eigenvalue weighted by Gasteiger charge is 2.31. The molecule has 6 nitrogen and oxygen atoms in total. The van der Waals surface area contributed by atoms with Gasteiger partial charge in [-0.1, -0.05) is 11.6 Å². The van der Waals surface area contributed by atoms with E-state index < -0.39 is 11.7 Å². The molecule has 10 heteroatoms. The van der Waals surface area contributed by atoms with Gasteiger partial charge in [0.25, 0.3) is 0 Å². The Bertz CT molecular complexity index is 708. The van der Waals surface area contributed by atoms with Crippen LogP contribution in [0.25, 0.3) is 0 Å². The number of hydrogen-bond donors (Lipinski definition) is 2. The first-order valence-corrected chi connectivity index (χ1v) is 7.85. The Morgan fingerprint density at radius 1 is 1.24 bits per heavy atom. The molecular formula is C15H18ClF3N6. The van der Waals surface area contributed by atoms with Gasteiger partial charge in [0, 0.05) is 6.54 Å². The van der Waals surface area contributed by atoms with E-state index in [2.05, 4.69) is 30.7 Å². The van der Waals surface area contributed by atoms with Gasteiger partial charge < -0.3 is 15.5 Å². The summed E-state index contributed by atoms with van der Waals surface area (Å²) in [4.78, 5) is 6.22. The average molecular weight is 375 g/mol. The van der Waals surface area contributed by atoms with Crippen molar-refractivity contribution < 1.29 is 13.2 Å². The Morgan fingerprint density at radius 2 is 2.00 bits per heavy atom. The van der Waals surface area contributed by atoms with Crippen LogP contribution in [-0.2, 0) is 6.18 Å². The number of alkyl halides is 3. The van der Waals surface area contributed by atoms with E-state index in [1.165, 1.54) is 12.3 Å². The molecule has 0 unspecified atom stereocenters. The zero-order valence-electron chi connectivity index (χ0n) is 13.7. The van der Waals surface area contributed by atoms with E-state index >= 15 is 0 Å². The molecule has 0 aliphatic rings. The minimum absolute atomic E-state index is 0.0931. The lowest BCUT2D eigenvalue weighted by Gasteiger charge is -2.12. The Kier molecular flexibility index (Phi) is 6.38. The molecule has 0 radical (unpaired) electrons. The quantitative estimate of drug-likeness (QED) is 0.721. The van der Waals surface area contributed by atoms with Crippen LogP contribution in [0, 0.1) is 0 Å². The van der Waals surface area contributed by atoms with E-state index in [4.69, 9.17) is 11.6 Å². The first kappa shape index (κ1) is 19.2. The Labute approximate surface area is 148 Å². The first-order valence-electron chi connectivity index (χ1n) is 7.48. The van der Waals surface area contributed by atoms with E-state index in [1.807, 2.05) is 14.1 Å². The van der Waals surface area contributed by atoms with Gasteiger partial charge >= 0.3 is 6.18 Å². The lowest BCUT2D eigenvalue weighted by molar-refractivity contribution is -0.137. The van der Waals surface area contributed by atoms with Gasteiger partial charge in [0.2, 0.25) is 5.95 Å². The molecule has 0 atom stereocenters. The van der Waals surface area contributed by atoms with E-state index in [0.717, 1.165) is 25.1 Å². The third-order valence-corrected chi connectivity index (χ3v) is 3.51. The SMILES string of the molecule is CN(C)CCCNc1nncc(Nc2cc(C(F)(F)F)ccc2Cl)n1. The van der Waals surface area contributed by atoms with Crippen molar-refractivity contribution in [2.24, 2.45) is 0 Å². The van der Waals surface area contributed by atoms with Crippen molar-refractivity contribution in [2.75, 3.05) is 37.8 Å². The molecule has 1 heterocycles. The van der Waals surface area contributed by atoms with Gasteiger partial charge in [-0.05, 0) is 45.3 Å². The van der Waals surface area contributed by atoms with Gasteiger partial charge in [-0.25, -0.2) is 0 Å². The largest absolute Gasteiger partial charge is 0.416 e. The number of nitrogens with zero attached hydrogens (tertiary/aromatic N) is 4. The van der Waals surface area contributed by atoms with E-state index in [0.29, 0.717) is 6.54 Å². The summed E-state index contributed by atoms with van der Waals surface area (Å²) in [5, 5.41) is 13.5. The molecular weight excluding hydrogens is 357 g/mol. The van der Waals surface area contributed by atoms with Crippen LogP contribution < -0.4 is 10.6 Å². The second-order valence-electron chi connectivity index (χ2n) is 5.57. The van der Waals surface area contributed by atoms with Crippen molar-refractivity contribution in [3.8, 4) is 0 Å². The van der Waals surface area contributed by atoms with Gasteiger partial charge in [0.1, 0.15) is 0 Å². The minimum Gasteiger partial charge on any atom is -0.353 e. The maximum absolute atomic E-state index is 12.8. The minimum atomic E-state index is -4.45. The van der Waals surface area contributed by atoms with Crippen LogP contribution in [0.4, 0.5) is 30.6 Å². The normalized spacial score (nSPS) is 11.6. The third kappa shape index (κ3) is 6.02. The topological polar surface area (TPSA) is 66.0 Å². The molecule has 0 fully saturated rings. The van der Waals surface area contributed by atoms with Crippen molar-refractivity contribution in [2.45, 2.75) is 12.6 Å². The van der Waals surface area contributed by atoms with Crippen LogP contribution >= 0.6 is 11.6 Å². The zero-order valence-corrected chi connectivity index (χ0v) is 14.5. The van der Waals surface area contributed by atoms with E-state index in [9.17, 15) is 13.2 Å². The summed E-state index contributed by atoms with van der Waals surface area (Å²) in [5.41, 5.74) is -0.709. The molecule has 0 aliphatic heterocycles. The van der Waals surface area contributed by atoms with Crippen molar-refractivity contribution >= 4 is 29.1 Å². The highest BCUT2D eigenvalue weighted by atomic mass is 35.5. The summed E-state index contributed by atoms with van der Waals surface area (Å²) in [7, 11) is 3.95. The van der Waals surface area contributed by atoms with Crippen molar-refractivity contribution in [3.05, 3.63) is 35.0 Å². The number of hydrogen-bond acceptors (Lipinski definition) is 6. The molecule has 0 amide bonds. The van der Waals surface area contributed by atoms with E-state index in [-0.39, 0.29) is 22.5 Å². The molecule has 2 N–H and O–H groups in total. The summed E-state index contributed by atoms with van der Waals surface area (Å²) in [6, 6.07) is 3.03. The van der Waals surface area contributed by atoms with Crippen molar-refractivity contribution in [1.29, 1.82) is 0 Å². The van der Waals surface area contributed by atoms with E-state index in [1.54, 1.807) is 0 Å². The standard InChI is InChI=1S/C15H18ClF3N6/c1-25(2)7-3-6-20-14-23-13(9-21-24-14)22-12-8-10(15(17,18)19)4-5-11(12)16/h4-5,8-9H,3,6-7H2,1-2H3,(H2,20,22,23,24). The van der Waals surface area contributed by atoms with Crippen LogP contribution in [0.5, 0.6) is 0 Å². The first-order chi connectivity index (χ1) is 11.8. The van der Waals surface area contributed by atoms with Gasteiger partial charge in [-0.15, -0.1) is 5.10 Å². The molecule has 1 aromatic carbocycles. The fourth-order valence-electron chi connectivity index (χ4n) is 1.97. The Hall–Kier alpha value is -2.13. The number of nitrogens with one attached hydrogen (secondary N) is 2. The molecule has 1 aromatic heterocycles. The molecule has 0 bridgehead atoms. The smallest absolute Gasteiger partial charge is 0.353 e. The maximum atomic E-state index is 12.8. The predicted octanol–water partition coefficient (Wildman–Crippen LogP) is 3.65. The van der Waals surface area contributed by atoms with Crippen LogP contribution in [0.3, 0.4) is 0 Å². The van der Waals surface area contributed by atoms with Gasteiger partial charge in [-0.2, -0.15) is 23.3 Å². The van der Waals surface area contributed by atoms with Gasteiger partial charge in [0.15, 0.2) is 5.82 Å². The number of rotatable bonds is 7. The average Bonchev–Trinajstić information content (AvgIpc) is 2.53. The highest BCUT2D eigenvalue weighted by Crippen LogP contribution is 2.34. The molecule has 0 spiro atoms. The van der Waals surface area contributed by atoms with Gasteiger partial charge in [0.05, 0.1) is 22.5 Å². The molecule has 136 valence electrons. The fraction of sp³-hybridized carbons (Fsp3) is 0.400. The predicted molar refractivity (Wildman–Crippen MR) is 91.2 cm³/mol. The fourth-order valence-corrected chi connectivity index (χ4v) is 2.13. The van der Waals surface area contributed by atoms with Crippen LogP contribution in [0.2, 0.25) is 5.02 Å². The summed E-state index contributed by atoms with van der Waals surface area (Å²) >= 11 is 5.95. The zero-order chi connectivity index (χ0) is 18.4. The summed E-state index contributed by atoms with van der Waals surface area (Å²) in [6.07, 6.45) is -2.26. The lowest BCUT2D eigenvalue weighted by atomic mass is 10.2. The molecule has 0 saturated carbocycles. The molecule has 2 aromatic rings. The molecule has 25 heavy (non-hydrogen) atoms. The second kappa shape index (κ2) is 8.30. The maximum Gasteiger partial charge on any atom is 0.416 e. The number of halogens is 4. The summed E-state index contributed by atoms with van der Waals surface area (Å²) in [6.45, 7) is 1.55. The van der Waals surface area contributed by atoms with Crippen molar-refractivity contribution in [3.63, 3.8) is 0 Å². The number of anilines is 3. The van der Waals surface area contributed by atoms with Gasteiger partial charge in [-0.3, -0.25) is 0 Å². The molecule has 0 aliphatic carbocycles. The van der Waals surface area contributed by atoms with Crippen LogP contribution in [0.1, 0.15) is 12.0 Å². The number of aromatic nitrogens is 3. The monoisotopic (exact) mass is 374 g/mol. The molecule has 0 saturated heterocycles. The Balaban J connectivity index is 2.07.